The third kappa shape index (κ3) is 5.57. The first-order chi connectivity index (χ1) is 12.2. The van der Waals surface area contributed by atoms with Gasteiger partial charge >= 0.3 is 0 Å². The van der Waals surface area contributed by atoms with Gasteiger partial charge in [-0.05, 0) is 64.7 Å². The molecule has 1 N–H and O–H groups in total. The van der Waals surface area contributed by atoms with Crippen LogP contribution in [0.25, 0.3) is 0 Å². The summed E-state index contributed by atoms with van der Waals surface area (Å²) in [7, 11) is -3.23. The van der Waals surface area contributed by atoms with Gasteiger partial charge in [-0.25, -0.2) is 8.42 Å². The van der Waals surface area contributed by atoms with E-state index in [0.717, 1.165) is 22.7 Å². The van der Waals surface area contributed by atoms with Gasteiger partial charge in [-0.3, -0.25) is 4.79 Å². The van der Waals surface area contributed by atoms with E-state index >= 15 is 0 Å². The van der Waals surface area contributed by atoms with Crippen molar-refractivity contribution in [3.63, 3.8) is 0 Å². The van der Waals surface area contributed by atoms with Crippen molar-refractivity contribution in [3.8, 4) is 5.75 Å². The molecule has 0 aliphatic heterocycles. The van der Waals surface area contributed by atoms with Gasteiger partial charge in [0, 0.05) is 6.26 Å². The van der Waals surface area contributed by atoms with Crippen LogP contribution in [0.4, 0.5) is 0 Å². The Labute approximate surface area is 162 Å². The largest absolute Gasteiger partial charge is 0.483 e. The number of hydrogen-bond acceptors (Lipinski definition) is 4. The third-order valence-corrected chi connectivity index (χ3v) is 5.70. The minimum atomic E-state index is -3.23. The molecule has 5 nitrogen and oxygen atoms in total. The lowest BCUT2D eigenvalue weighted by Crippen LogP contribution is -2.31. The Balaban J connectivity index is 1.93. The average molecular weight is 440 g/mol. The molecule has 0 radical (unpaired) electrons. The molecule has 0 bridgehead atoms. The van der Waals surface area contributed by atoms with Gasteiger partial charge in [0.2, 0.25) is 0 Å². The minimum Gasteiger partial charge on any atom is -0.483 e. The standard InChI is InChI=1S/C19H22BrNO4S/c1-4-14-5-10-18(17(20)11-14)25-12-19(22)21-13(2)15-6-8-16(9-7-15)26(3,23)24/h5-11,13H,4,12H2,1-3H3,(H,21,22)/t13-/m0/s1. The molecular weight excluding hydrogens is 418 g/mol. The average Bonchev–Trinajstić information content (AvgIpc) is 2.59. The van der Waals surface area contributed by atoms with Crippen molar-refractivity contribution in [2.45, 2.75) is 31.2 Å². The number of carbonyl (C=O) groups excluding carboxylic acids is 1. The van der Waals surface area contributed by atoms with E-state index < -0.39 is 9.84 Å². The van der Waals surface area contributed by atoms with Crippen molar-refractivity contribution in [2.24, 2.45) is 0 Å². The zero-order chi connectivity index (χ0) is 19.3. The second kappa shape index (κ2) is 8.68. The van der Waals surface area contributed by atoms with E-state index in [1.54, 1.807) is 12.1 Å². The molecule has 0 spiro atoms. The SMILES string of the molecule is CCc1ccc(OCC(=O)N[C@@H](C)c2ccc(S(C)(=O)=O)cc2)c(Br)c1. The van der Waals surface area contributed by atoms with Gasteiger partial charge in [-0.15, -0.1) is 0 Å². The fourth-order valence-electron chi connectivity index (χ4n) is 2.39. The normalized spacial score (nSPS) is 12.5. The number of ether oxygens (including phenoxy) is 1. The quantitative estimate of drug-likeness (QED) is 0.713. The lowest BCUT2D eigenvalue weighted by molar-refractivity contribution is -0.123. The van der Waals surface area contributed by atoms with Crippen LogP contribution in [0.5, 0.6) is 5.75 Å². The predicted octanol–water partition coefficient (Wildman–Crippen LogP) is 3.67. The number of aryl methyl sites for hydroxylation is 1. The molecule has 1 atom stereocenters. The highest BCUT2D eigenvalue weighted by atomic mass is 79.9. The first-order valence-electron chi connectivity index (χ1n) is 8.21. The number of carbonyl (C=O) groups is 1. The second-order valence-electron chi connectivity index (χ2n) is 6.04. The summed E-state index contributed by atoms with van der Waals surface area (Å²) in [6.07, 6.45) is 2.09. The van der Waals surface area contributed by atoms with Gasteiger partial charge < -0.3 is 10.1 Å². The highest BCUT2D eigenvalue weighted by Gasteiger charge is 2.13. The smallest absolute Gasteiger partial charge is 0.258 e. The van der Waals surface area contributed by atoms with Crippen LogP contribution >= 0.6 is 15.9 Å². The predicted molar refractivity (Wildman–Crippen MR) is 105 cm³/mol. The lowest BCUT2D eigenvalue weighted by Gasteiger charge is -2.15. The molecule has 0 heterocycles. The molecule has 0 aliphatic rings. The van der Waals surface area contributed by atoms with Crippen LogP contribution in [-0.2, 0) is 21.1 Å². The van der Waals surface area contributed by atoms with Crippen LogP contribution in [0.1, 0.15) is 31.0 Å². The molecule has 0 unspecified atom stereocenters. The van der Waals surface area contributed by atoms with Gasteiger partial charge in [0.15, 0.2) is 16.4 Å². The molecule has 0 fully saturated rings. The highest BCUT2D eigenvalue weighted by molar-refractivity contribution is 9.10. The molecule has 7 heteroatoms. The van der Waals surface area contributed by atoms with E-state index in [-0.39, 0.29) is 23.5 Å². The summed E-state index contributed by atoms with van der Waals surface area (Å²) in [6.45, 7) is 3.80. The van der Waals surface area contributed by atoms with Gasteiger partial charge in [-0.1, -0.05) is 25.1 Å². The molecule has 2 aromatic carbocycles. The fraction of sp³-hybridized carbons (Fsp3) is 0.316. The lowest BCUT2D eigenvalue weighted by atomic mass is 10.1. The number of sulfone groups is 1. The second-order valence-corrected chi connectivity index (χ2v) is 8.91. The van der Waals surface area contributed by atoms with Crippen LogP contribution in [0.2, 0.25) is 0 Å². The summed E-state index contributed by atoms with van der Waals surface area (Å²) in [5.74, 6) is 0.360. The fourth-order valence-corrected chi connectivity index (χ4v) is 3.57. The summed E-state index contributed by atoms with van der Waals surface area (Å²) in [4.78, 5) is 12.4. The molecule has 0 aromatic heterocycles. The topological polar surface area (TPSA) is 72.5 Å². The molecule has 1 amide bonds. The first kappa shape index (κ1) is 20.5. The third-order valence-electron chi connectivity index (χ3n) is 3.95. The maximum Gasteiger partial charge on any atom is 0.258 e. The number of hydrogen-bond donors (Lipinski definition) is 1. The van der Waals surface area contributed by atoms with Gasteiger partial charge in [0.1, 0.15) is 5.75 Å². The van der Waals surface area contributed by atoms with Gasteiger partial charge in [0.25, 0.3) is 5.91 Å². The maximum absolute atomic E-state index is 12.1. The maximum atomic E-state index is 12.1. The number of amides is 1. The molecular formula is C19H22BrNO4S. The van der Waals surface area contributed by atoms with Crippen LogP contribution in [-0.4, -0.2) is 27.2 Å². The zero-order valence-electron chi connectivity index (χ0n) is 15.0. The highest BCUT2D eigenvalue weighted by Crippen LogP contribution is 2.26. The first-order valence-corrected chi connectivity index (χ1v) is 10.9. The zero-order valence-corrected chi connectivity index (χ0v) is 17.4. The van der Waals surface area contributed by atoms with Gasteiger partial charge in [-0.2, -0.15) is 0 Å². The Morgan fingerprint density at radius 3 is 2.38 bits per heavy atom. The molecule has 26 heavy (non-hydrogen) atoms. The van der Waals surface area contributed by atoms with Crippen molar-refractivity contribution in [1.29, 1.82) is 0 Å². The van der Waals surface area contributed by atoms with E-state index in [2.05, 4.69) is 28.2 Å². The van der Waals surface area contributed by atoms with E-state index in [4.69, 9.17) is 4.74 Å². The number of benzene rings is 2. The Hall–Kier alpha value is -1.86. The Morgan fingerprint density at radius 2 is 1.85 bits per heavy atom. The summed E-state index contributed by atoms with van der Waals surface area (Å²) < 4.78 is 29.4. The monoisotopic (exact) mass is 439 g/mol. The van der Waals surface area contributed by atoms with Crippen LogP contribution in [0.15, 0.2) is 51.8 Å². The summed E-state index contributed by atoms with van der Waals surface area (Å²) in [5.41, 5.74) is 2.00. The van der Waals surface area contributed by atoms with E-state index in [9.17, 15) is 13.2 Å². The molecule has 0 aliphatic carbocycles. The molecule has 2 rings (SSSR count). The Morgan fingerprint density at radius 1 is 1.19 bits per heavy atom. The molecule has 140 valence electrons. The molecule has 2 aromatic rings. The van der Waals surface area contributed by atoms with Crippen molar-refractivity contribution < 1.29 is 17.9 Å². The summed E-state index contributed by atoms with van der Waals surface area (Å²) in [5, 5.41) is 2.84. The van der Waals surface area contributed by atoms with Crippen molar-refractivity contribution in [3.05, 3.63) is 58.1 Å². The van der Waals surface area contributed by atoms with E-state index in [1.807, 2.05) is 25.1 Å². The van der Waals surface area contributed by atoms with Crippen LogP contribution in [0.3, 0.4) is 0 Å². The number of rotatable bonds is 7. The van der Waals surface area contributed by atoms with Crippen LogP contribution < -0.4 is 10.1 Å². The van der Waals surface area contributed by atoms with E-state index in [1.165, 1.54) is 17.7 Å². The van der Waals surface area contributed by atoms with Crippen LogP contribution in [0, 0.1) is 0 Å². The van der Waals surface area contributed by atoms with Crippen molar-refractivity contribution in [2.75, 3.05) is 12.9 Å². The minimum absolute atomic E-state index is 0.101. The van der Waals surface area contributed by atoms with E-state index in [0.29, 0.717) is 5.75 Å². The Bertz CT molecular complexity index is 879. The van der Waals surface area contributed by atoms with Gasteiger partial charge in [0.05, 0.1) is 15.4 Å². The number of nitrogens with one attached hydrogen (secondary N) is 1. The number of halogens is 1. The Kier molecular flexibility index (Phi) is 6.83. The molecule has 0 saturated carbocycles. The van der Waals surface area contributed by atoms with Crippen molar-refractivity contribution in [1.82, 2.24) is 5.32 Å². The summed E-state index contributed by atoms with van der Waals surface area (Å²) >= 11 is 3.44. The molecule has 0 saturated heterocycles. The summed E-state index contributed by atoms with van der Waals surface area (Å²) in [6, 6.07) is 12.0. The van der Waals surface area contributed by atoms with Crippen molar-refractivity contribution >= 4 is 31.7 Å².